The van der Waals surface area contributed by atoms with Gasteiger partial charge in [-0.25, -0.2) is 4.98 Å². The van der Waals surface area contributed by atoms with E-state index in [-0.39, 0.29) is 0 Å². The van der Waals surface area contributed by atoms with Gasteiger partial charge in [0.25, 0.3) is 0 Å². The smallest absolute Gasteiger partial charge is 0.215 e. The van der Waals surface area contributed by atoms with Crippen LogP contribution in [0.25, 0.3) is 16.8 Å². The second-order valence-corrected chi connectivity index (χ2v) is 6.79. The topological polar surface area (TPSA) is 25.5 Å². The van der Waals surface area contributed by atoms with Crippen LogP contribution < -0.4 is 0 Å². The molecule has 0 aliphatic rings. The zero-order valence-corrected chi connectivity index (χ0v) is 15.8. The Bertz CT molecular complexity index is 1010. The van der Waals surface area contributed by atoms with Crippen LogP contribution in [0.4, 0.5) is 0 Å². The van der Waals surface area contributed by atoms with Crippen molar-refractivity contribution < 1.29 is 0 Å². The van der Waals surface area contributed by atoms with Gasteiger partial charge in [0.1, 0.15) is 0 Å². The van der Waals surface area contributed by atoms with Crippen LogP contribution in [-0.2, 0) is 6.54 Å². The molecule has 0 saturated heterocycles. The number of imidazole rings is 2. The fourth-order valence-corrected chi connectivity index (χ4v) is 3.84. The van der Waals surface area contributed by atoms with Crippen molar-refractivity contribution in [2.75, 3.05) is 13.1 Å². The predicted octanol–water partition coefficient (Wildman–Crippen LogP) is 4.74. The summed E-state index contributed by atoms with van der Waals surface area (Å²) in [5, 5.41) is 0. The van der Waals surface area contributed by atoms with Gasteiger partial charge in [0.15, 0.2) is 0 Å². The van der Waals surface area contributed by atoms with Gasteiger partial charge >= 0.3 is 0 Å². The van der Waals surface area contributed by atoms with E-state index >= 15 is 0 Å². The first kappa shape index (κ1) is 16.9. The molecule has 26 heavy (non-hydrogen) atoms. The first-order chi connectivity index (χ1) is 12.7. The van der Waals surface area contributed by atoms with Crippen molar-refractivity contribution in [3.05, 3.63) is 72.1 Å². The first-order valence-electron chi connectivity index (χ1n) is 9.47. The highest BCUT2D eigenvalue weighted by atomic mass is 15.2. The lowest BCUT2D eigenvalue weighted by atomic mass is 10.2. The Morgan fingerprint density at radius 3 is 2.27 bits per heavy atom. The molecule has 1 atom stereocenters. The maximum absolute atomic E-state index is 5.05. The molecular formula is C22H26N4. The second-order valence-electron chi connectivity index (χ2n) is 6.79. The van der Waals surface area contributed by atoms with Gasteiger partial charge in [-0.15, -0.1) is 0 Å². The van der Waals surface area contributed by atoms with Crippen molar-refractivity contribution in [2.24, 2.45) is 0 Å². The number of nitrogens with zero attached hydrogens (tertiary/aromatic N) is 4. The van der Waals surface area contributed by atoms with Crippen molar-refractivity contribution in [1.29, 1.82) is 0 Å². The Labute approximate surface area is 154 Å². The monoisotopic (exact) mass is 346 g/mol. The highest BCUT2D eigenvalue weighted by Gasteiger charge is 2.19. The highest BCUT2D eigenvalue weighted by Crippen LogP contribution is 2.26. The number of fused-ring (bicyclic) bond motifs is 3. The van der Waals surface area contributed by atoms with Gasteiger partial charge in [0, 0.05) is 6.20 Å². The largest absolute Gasteiger partial charge is 0.305 e. The Morgan fingerprint density at radius 2 is 1.58 bits per heavy atom. The summed E-state index contributed by atoms with van der Waals surface area (Å²) in [6, 6.07) is 19.5. The number of hydrogen-bond donors (Lipinski definition) is 0. The third-order valence-corrected chi connectivity index (χ3v) is 5.35. The molecule has 0 radical (unpaired) electrons. The zero-order chi connectivity index (χ0) is 18.1. The summed E-state index contributed by atoms with van der Waals surface area (Å²) in [6.07, 6.45) is 2.21. The van der Waals surface area contributed by atoms with E-state index in [0.717, 1.165) is 31.1 Å². The van der Waals surface area contributed by atoms with Crippen LogP contribution in [0.3, 0.4) is 0 Å². The van der Waals surface area contributed by atoms with E-state index in [9.17, 15) is 0 Å². The minimum atomic E-state index is 0.314. The normalized spacial score (nSPS) is 13.1. The minimum Gasteiger partial charge on any atom is -0.305 e. The van der Waals surface area contributed by atoms with Gasteiger partial charge in [-0.05, 0) is 37.7 Å². The second kappa shape index (κ2) is 6.96. The van der Waals surface area contributed by atoms with E-state index in [1.165, 1.54) is 16.6 Å². The molecule has 0 saturated carbocycles. The van der Waals surface area contributed by atoms with Gasteiger partial charge in [-0.2, -0.15) is 0 Å². The summed E-state index contributed by atoms with van der Waals surface area (Å²) in [4.78, 5) is 7.48. The zero-order valence-electron chi connectivity index (χ0n) is 15.8. The molecule has 134 valence electrons. The predicted molar refractivity (Wildman–Crippen MR) is 108 cm³/mol. The van der Waals surface area contributed by atoms with E-state index in [0.29, 0.717) is 6.04 Å². The number of aromatic nitrogens is 3. The maximum atomic E-state index is 5.05. The average Bonchev–Trinajstić information content (AvgIpc) is 3.23. The molecule has 0 bridgehead atoms. The molecule has 0 spiro atoms. The molecule has 4 rings (SSSR count). The third kappa shape index (κ3) is 2.80. The van der Waals surface area contributed by atoms with Crippen molar-refractivity contribution in [3.8, 4) is 0 Å². The summed E-state index contributed by atoms with van der Waals surface area (Å²) in [5.41, 5.74) is 4.86. The van der Waals surface area contributed by atoms with E-state index in [1.807, 2.05) is 0 Å². The van der Waals surface area contributed by atoms with Crippen molar-refractivity contribution >= 4 is 16.8 Å². The Morgan fingerprint density at radius 1 is 0.923 bits per heavy atom. The lowest BCUT2D eigenvalue weighted by Gasteiger charge is -2.24. The van der Waals surface area contributed by atoms with Gasteiger partial charge in [-0.1, -0.05) is 56.3 Å². The van der Waals surface area contributed by atoms with E-state index in [2.05, 4.69) is 95.4 Å². The molecule has 0 N–H and O–H groups in total. The van der Waals surface area contributed by atoms with Crippen molar-refractivity contribution in [1.82, 2.24) is 18.9 Å². The van der Waals surface area contributed by atoms with Crippen LogP contribution in [0.5, 0.6) is 0 Å². The average molecular weight is 346 g/mol. The van der Waals surface area contributed by atoms with Crippen LogP contribution >= 0.6 is 0 Å². The molecule has 0 fully saturated rings. The molecular weight excluding hydrogens is 320 g/mol. The highest BCUT2D eigenvalue weighted by molar-refractivity contribution is 5.81. The molecule has 4 aromatic rings. The third-order valence-electron chi connectivity index (χ3n) is 5.35. The maximum Gasteiger partial charge on any atom is 0.215 e. The fourth-order valence-electron chi connectivity index (χ4n) is 3.84. The summed E-state index contributed by atoms with van der Waals surface area (Å²) < 4.78 is 4.57. The molecule has 0 amide bonds. The molecule has 2 heterocycles. The molecule has 2 aromatic carbocycles. The number of benzene rings is 2. The lowest BCUT2D eigenvalue weighted by molar-refractivity contribution is 0.231. The lowest BCUT2D eigenvalue weighted by Crippen LogP contribution is -2.26. The fraction of sp³-hybridized carbons (Fsp3) is 0.318. The summed E-state index contributed by atoms with van der Waals surface area (Å²) >= 11 is 0. The molecule has 2 aromatic heterocycles. The van der Waals surface area contributed by atoms with Crippen molar-refractivity contribution in [3.63, 3.8) is 0 Å². The Balaban J connectivity index is 1.85. The van der Waals surface area contributed by atoms with Crippen molar-refractivity contribution in [2.45, 2.75) is 33.4 Å². The Hall–Kier alpha value is -2.59. The van der Waals surface area contributed by atoms with Gasteiger partial charge in [0.2, 0.25) is 5.78 Å². The van der Waals surface area contributed by atoms with E-state index in [1.54, 1.807) is 0 Å². The summed E-state index contributed by atoms with van der Waals surface area (Å²) in [7, 11) is 0. The van der Waals surface area contributed by atoms with E-state index in [4.69, 9.17) is 4.98 Å². The summed E-state index contributed by atoms with van der Waals surface area (Å²) in [6.45, 7) is 9.56. The standard InChI is InChI=1S/C22H26N4/c1-4-24(5-2)17(3)19-16-26-21-14-10-9-13-20(21)25(22(26)23-19)15-18-11-7-6-8-12-18/h6-14,16-17H,4-5,15H2,1-3H3. The van der Waals surface area contributed by atoms with Crippen LogP contribution in [-0.4, -0.2) is 31.9 Å². The molecule has 4 heteroatoms. The van der Waals surface area contributed by atoms with E-state index < -0.39 is 0 Å². The number of rotatable bonds is 6. The van der Waals surface area contributed by atoms with Gasteiger partial charge < -0.3 is 4.57 Å². The summed E-state index contributed by atoms with van der Waals surface area (Å²) in [5.74, 6) is 1.02. The Kier molecular flexibility index (Phi) is 4.51. The SMILES string of the molecule is CCN(CC)C(C)c1cn2c3ccccc3n(Cc3ccccc3)c2n1. The molecule has 0 aliphatic carbocycles. The van der Waals surface area contributed by atoms with Crippen LogP contribution in [0.1, 0.15) is 38.1 Å². The van der Waals surface area contributed by atoms with Crippen LogP contribution in [0, 0.1) is 0 Å². The van der Waals surface area contributed by atoms with Gasteiger partial charge in [0.05, 0.1) is 29.3 Å². The first-order valence-corrected chi connectivity index (χ1v) is 9.47. The number of hydrogen-bond acceptors (Lipinski definition) is 2. The van der Waals surface area contributed by atoms with Crippen LogP contribution in [0.2, 0.25) is 0 Å². The van der Waals surface area contributed by atoms with Crippen LogP contribution in [0.15, 0.2) is 60.8 Å². The number of para-hydroxylation sites is 2. The quantitative estimate of drug-likeness (QED) is 0.504. The molecule has 4 nitrogen and oxygen atoms in total. The van der Waals surface area contributed by atoms with Gasteiger partial charge in [-0.3, -0.25) is 9.30 Å². The molecule has 0 aliphatic heterocycles. The molecule has 1 unspecified atom stereocenters. The minimum absolute atomic E-state index is 0.314.